The SMILES string of the molecule is Cc1c(N)nc(C2CCC(C)CC2)nc1-c1ccccc1. The van der Waals surface area contributed by atoms with Crippen molar-refractivity contribution in [3.05, 3.63) is 41.7 Å². The fourth-order valence-corrected chi connectivity index (χ4v) is 3.13. The van der Waals surface area contributed by atoms with E-state index in [-0.39, 0.29) is 0 Å². The van der Waals surface area contributed by atoms with Gasteiger partial charge in [-0.05, 0) is 25.7 Å². The van der Waals surface area contributed by atoms with Gasteiger partial charge >= 0.3 is 0 Å². The minimum Gasteiger partial charge on any atom is -0.383 e. The first-order valence-electron chi connectivity index (χ1n) is 7.84. The molecule has 0 spiro atoms. The lowest BCUT2D eigenvalue weighted by Gasteiger charge is -2.25. The fraction of sp³-hybridized carbons (Fsp3) is 0.444. The van der Waals surface area contributed by atoms with Gasteiger partial charge in [0.2, 0.25) is 0 Å². The van der Waals surface area contributed by atoms with Crippen molar-refractivity contribution < 1.29 is 0 Å². The number of benzene rings is 1. The zero-order valence-corrected chi connectivity index (χ0v) is 12.8. The Morgan fingerprint density at radius 3 is 2.33 bits per heavy atom. The van der Waals surface area contributed by atoms with E-state index in [2.05, 4.69) is 24.0 Å². The summed E-state index contributed by atoms with van der Waals surface area (Å²) in [7, 11) is 0. The highest BCUT2D eigenvalue weighted by molar-refractivity contribution is 5.67. The van der Waals surface area contributed by atoms with E-state index in [0.29, 0.717) is 11.7 Å². The molecule has 1 saturated carbocycles. The molecule has 1 heterocycles. The van der Waals surface area contributed by atoms with Crippen LogP contribution in [0.3, 0.4) is 0 Å². The highest BCUT2D eigenvalue weighted by Crippen LogP contribution is 2.35. The van der Waals surface area contributed by atoms with Gasteiger partial charge in [-0.15, -0.1) is 0 Å². The van der Waals surface area contributed by atoms with Crippen molar-refractivity contribution in [3.8, 4) is 11.3 Å². The lowest BCUT2D eigenvalue weighted by molar-refractivity contribution is 0.340. The third-order valence-electron chi connectivity index (χ3n) is 4.63. The Morgan fingerprint density at radius 1 is 1.00 bits per heavy atom. The maximum absolute atomic E-state index is 6.14. The number of anilines is 1. The molecule has 2 N–H and O–H groups in total. The number of hydrogen-bond donors (Lipinski definition) is 1. The molecule has 110 valence electrons. The molecule has 0 bridgehead atoms. The van der Waals surface area contributed by atoms with Crippen molar-refractivity contribution in [2.75, 3.05) is 5.73 Å². The maximum atomic E-state index is 6.14. The largest absolute Gasteiger partial charge is 0.383 e. The number of aromatic nitrogens is 2. The lowest BCUT2D eigenvalue weighted by Crippen LogP contribution is -2.15. The van der Waals surface area contributed by atoms with Crippen LogP contribution in [0.15, 0.2) is 30.3 Å². The van der Waals surface area contributed by atoms with Crippen LogP contribution in [-0.2, 0) is 0 Å². The van der Waals surface area contributed by atoms with Crippen LogP contribution >= 0.6 is 0 Å². The third kappa shape index (κ3) is 2.92. The zero-order valence-electron chi connectivity index (χ0n) is 12.8. The zero-order chi connectivity index (χ0) is 14.8. The molecule has 21 heavy (non-hydrogen) atoms. The highest BCUT2D eigenvalue weighted by Gasteiger charge is 2.23. The first-order valence-corrected chi connectivity index (χ1v) is 7.84. The van der Waals surface area contributed by atoms with E-state index in [1.807, 2.05) is 25.1 Å². The van der Waals surface area contributed by atoms with Crippen molar-refractivity contribution in [1.29, 1.82) is 0 Å². The summed E-state index contributed by atoms with van der Waals surface area (Å²) >= 11 is 0. The summed E-state index contributed by atoms with van der Waals surface area (Å²) in [6.07, 6.45) is 4.89. The molecule has 0 amide bonds. The molecule has 0 atom stereocenters. The molecule has 1 aromatic heterocycles. The molecule has 1 aromatic carbocycles. The van der Waals surface area contributed by atoms with E-state index in [9.17, 15) is 0 Å². The third-order valence-corrected chi connectivity index (χ3v) is 4.63. The number of nitrogens with zero attached hydrogens (tertiary/aromatic N) is 2. The van der Waals surface area contributed by atoms with Crippen LogP contribution in [-0.4, -0.2) is 9.97 Å². The fourth-order valence-electron chi connectivity index (χ4n) is 3.13. The van der Waals surface area contributed by atoms with Crippen molar-refractivity contribution in [2.24, 2.45) is 5.92 Å². The van der Waals surface area contributed by atoms with E-state index in [1.54, 1.807) is 0 Å². The van der Waals surface area contributed by atoms with E-state index in [0.717, 1.165) is 28.6 Å². The van der Waals surface area contributed by atoms with Crippen LogP contribution in [0.25, 0.3) is 11.3 Å². The average Bonchev–Trinajstić information content (AvgIpc) is 2.51. The Labute approximate surface area is 126 Å². The van der Waals surface area contributed by atoms with Crippen molar-refractivity contribution in [2.45, 2.75) is 45.4 Å². The van der Waals surface area contributed by atoms with E-state index in [1.165, 1.54) is 25.7 Å². The summed E-state index contributed by atoms with van der Waals surface area (Å²) in [5.74, 6) is 2.85. The van der Waals surface area contributed by atoms with Gasteiger partial charge in [-0.25, -0.2) is 9.97 Å². The molecule has 1 aliphatic carbocycles. The molecular weight excluding hydrogens is 258 g/mol. The Balaban J connectivity index is 1.98. The predicted molar refractivity (Wildman–Crippen MR) is 87.0 cm³/mol. The van der Waals surface area contributed by atoms with Crippen LogP contribution in [0.4, 0.5) is 5.82 Å². The average molecular weight is 281 g/mol. The van der Waals surface area contributed by atoms with Gasteiger partial charge < -0.3 is 5.73 Å². The molecule has 2 aromatic rings. The molecular formula is C18H23N3. The Morgan fingerprint density at radius 2 is 1.67 bits per heavy atom. The number of rotatable bonds is 2. The minimum atomic E-state index is 0.464. The van der Waals surface area contributed by atoms with Crippen LogP contribution in [0.2, 0.25) is 0 Å². The Kier molecular flexibility index (Phi) is 3.91. The minimum absolute atomic E-state index is 0.464. The summed E-state index contributed by atoms with van der Waals surface area (Å²) in [5, 5.41) is 0. The predicted octanol–water partition coefficient (Wildman–Crippen LogP) is 4.33. The van der Waals surface area contributed by atoms with Gasteiger partial charge in [0.15, 0.2) is 0 Å². The lowest BCUT2D eigenvalue weighted by atomic mass is 9.82. The summed E-state index contributed by atoms with van der Waals surface area (Å²) in [4.78, 5) is 9.44. The quantitative estimate of drug-likeness (QED) is 0.891. The first kappa shape index (κ1) is 14.1. The molecule has 0 radical (unpaired) electrons. The van der Waals surface area contributed by atoms with Gasteiger partial charge in [0.25, 0.3) is 0 Å². The number of nitrogens with two attached hydrogens (primary N) is 1. The number of hydrogen-bond acceptors (Lipinski definition) is 3. The summed E-state index contributed by atoms with van der Waals surface area (Å²) in [6, 6.07) is 10.3. The molecule has 3 rings (SSSR count). The molecule has 0 aliphatic heterocycles. The van der Waals surface area contributed by atoms with E-state index < -0.39 is 0 Å². The van der Waals surface area contributed by atoms with E-state index in [4.69, 9.17) is 10.7 Å². The smallest absolute Gasteiger partial charge is 0.134 e. The highest BCUT2D eigenvalue weighted by atomic mass is 15.0. The maximum Gasteiger partial charge on any atom is 0.134 e. The van der Waals surface area contributed by atoms with Crippen LogP contribution < -0.4 is 5.73 Å². The normalized spacial score (nSPS) is 22.2. The van der Waals surface area contributed by atoms with Crippen LogP contribution in [0.1, 0.15) is 49.9 Å². The molecule has 0 saturated heterocycles. The molecule has 3 nitrogen and oxygen atoms in total. The standard InChI is InChI=1S/C18H23N3/c1-12-8-10-15(11-9-12)18-20-16(13(2)17(19)21-18)14-6-4-3-5-7-14/h3-7,12,15H,8-11H2,1-2H3,(H2,19,20,21). The molecule has 3 heteroatoms. The van der Waals surface area contributed by atoms with Crippen molar-refractivity contribution >= 4 is 5.82 Å². The second-order valence-electron chi connectivity index (χ2n) is 6.26. The summed E-state index contributed by atoms with van der Waals surface area (Å²) < 4.78 is 0. The first-order chi connectivity index (χ1) is 10.1. The van der Waals surface area contributed by atoms with Crippen molar-refractivity contribution in [1.82, 2.24) is 9.97 Å². The Bertz CT molecular complexity index is 614. The van der Waals surface area contributed by atoms with Gasteiger partial charge in [0.05, 0.1) is 5.69 Å². The topological polar surface area (TPSA) is 51.8 Å². The van der Waals surface area contributed by atoms with Crippen LogP contribution in [0.5, 0.6) is 0 Å². The monoisotopic (exact) mass is 281 g/mol. The second-order valence-corrected chi connectivity index (χ2v) is 6.26. The number of nitrogen functional groups attached to an aromatic ring is 1. The molecule has 1 aliphatic rings. The van der Waals surface area contributed by atoms with Gasteiger partial charge in [-0.2, -0.15) is 0 Å². The van der Waals surface area contributed by atoms with Crippen molar-refractivity contribution in [3.63, 3.8) is 0 Å². The van der Waals surface area contributed by atoms with Gasteiger partial charge in [-0.3, -0.25) is 0 Å². The van der Waals surface area contributed by atoms with Gasteiger partial charge in [0.1, 0.15) is 11.6 Å². The summed E-state index contributed by atoms with van der Waals surface area (Å²) in [6.45, 7) is 4.33. The van der Waals surface area contributed by atoms with E-state index >= 15 is 0 Å². The second kappa shape index (κ2) is 5.84. The molecule has 0 unspecified atom stereocenters. The Hall–Kier alpha value is -1.90. The van der Waals surface area contributed by atoms with Gasteiger partial charge in [0, 0.05) is 17.0 Å². The van der Waals surface area contributed by atoms with Gasteiger partial charge in [-0.1, -0.05) is 50.1 Å². The summed E-state index contributed by atoms with van der Waals surface area (Å²) in [5.41, 5.74) is 9.23. The molecule has 1 fully saturated rings. The van der Waals surface area contributed by atoms with Crippen LogP contribution in [0, 0.1) is 12.8 Å².